The second kappa shape index (κ2) is 12.1. The molecule has 136 valence electrons. The van der Waals surface area contributed by atoms with Gasteiger partial charge in [0, 0.05) is 38.6 Å². The lowest BCUT2D eigenvalue weighted by molar-refractivity contribution is -0.125. The maximum absolute atomic E-state index is 12.4. The summed E-state index contributed by atoms with van der Waals surface area (Å²) in [6, 6.07) is 0. The third kappa shape index (κ3) is 7.86. The van der Waals surface area contributed by atoms with Crippen molar-refractivity contribution in [3.8, 4) is 0 Å². The van der Waals surface area contributed by atoms with Crippen LogP contribution in [0.5, 0.6) is 0 Å². The summed E-state index contributed by atoms with van der Waals surface area (Å²) in [5.74, 6) is 1.38. The van der Waals surface area contributed by atoms with Crippen molar-refractivity contribution in [3.05, 3.63) is 0 Å². The number of nitrogens with one attached hydrogen (secondary N) is 2. The normalized spacial score (nSPS) is 20.9. The van der Waals surface area contributed by atoms with Gasteiger partial charge in [0.15, 0.2) is 0 Å². The number of amides is 1. The molecular weight excluding hydrogens is 310 g/mol. The average molecular weight is 346 g/mol. The van der Waals surface area contributed by atoms with Gasteiger partial charge in [-0.25, -0.2) is 0 Å². The molecule has 1 amide bonds. The summed E-state index contributed by atoms with van der Waals surface area (Å²) in [6.07, 6.45) is 9.80. The van der Waals surface area contributed by atoms with E-state index >= 15 is 0 Å². The van der Waals surface area contributed by atoms with E-state index < -0.39 is 0 Å². The smallest absolute Gasteiger partial charge is 0.223 e. The SMILES string of the molecule is CCCC(CC1CCCC1)C(=O)NCCCN1CCNCC1.Cl. The second-order valence-corrected chi connectivity index (χ2v) is 7.11. The predicted molar refractivity (Wildman–Crippen MR) is 99.2 cm³/mol. The van der Waals surface area contributed by atoms with Crippen LogP contribution in [0.4, 0.5) is 0 Å². The van der Waals surface area contributed by atoms with Crippen LogP contribution in [0.25, 0.3) is 0 Å². The molecule has 1 saturated heterocycles. The molecule has 0 aromatic carbocycles. The molecule has 1 unspecified atom stereocenters. The molecule has 1 heterocycles. The van der Waals surface area contributed by atoms with Gasteiger partial charge in [-0.3, -0.25) is 4.79 Å². The summed E-state index contributed by atoms with van der Waals surface area (Å²) in [7, 11) is 0. The summed E-state index contributed by atoms with van der Waals surface area (Å²) in [6.45, 7) is 8.65. The van der Waals surface area contributed by atoms with Crippen LogP contribution < -0.4 is 10.6 Å². The Balaban J connectivity index is 0.00000264. The van der Waals surface area contributed by atoms with Gasteiger partial charge in [-0.05, 0) is 31.7 Å². The maximum atomic E-state index is 12.4. The molecule has 4 nitrogen and oxygen atoms in total. The Hall–Kier alpha value is -0.320. The molecule has 0 spiro atoms. The average Bonchev–Trinajstić information content (AvgIpc) is 3.05. The first kappa shape index (κ1) is 20.7. The van der Waals surface area contributed by atoms with Gasteiger partial charge in [0.2, 0.25) is 5.91 Å². The molecule has 1 atom stereocenters. The summed E-state index contributed by atoms with van der Waals surface area (Å²) in [5, 5.41) is 6.58. The molecule has 2 aliphatic rings. The van der Waals surface area contributed by atoms with Crippen molar-refractivity contribution < 1.29 is 4.79 Å². The minimum atomic E-state index is 0. The Morgan fingerprint density at radius 1 is 1.26 bits per heavy atom. The maximum Gasteiger partial charge on any atom is 0.223 e. The van der Waals surface area contributed by atoms with Gasteiger partial charge in [-0.15, -0.1) is 12.4 Å². The van der Waals surface area contributed by atoms with Crippen molar-refractivity contribution in [2.75, 3.05) is 39.3 Å². The van der Waals surface area contributed by atoms with Gasteiger partial charge in [-0.2, -0.15) is 0 Å². The van der Waals surface area contributed by atoms with Crippen molar-refractivity contribution >= 4 is 18.3 Å². The molecule has 5 heteroatoms. The number of hydrogen-bond donors (Lipinski definition) is 2. The zero-order valence-electron chi connectivity index (χ0n) is 14.8. The monoisotopic (exact) mass is 345 g/mol. The van der Waals surface area contributed by atoms with E-state index in [1.54, 1.807) is 0 Å². The van der Waals surface area contributed by atoms with Crippen LogP contribution >= 0.6 is 12.4 Å². The first-order chi connectivity index (χ1) is 10.8. The number of piperazine rings is 1. The quantitative estimate of drug-likeness (QED) is 0.631. The van der Waals surface area contributed by atoms with Gasteiger partial charge < -0.3 is 15.5 Å². The van der Waals surface area contributed by atoms with Gasteiger partial charge in [0.25, 0.3) is 0 Å². The van der Waals surface area contributed by atoms with E-state index in [0.29, 0.717) is 5.91 Å². The number of carbonyl (C=O) groups excluding carboxylic acids is 1. The van der Waals surface area contributed by atoms with Crippen LogP contribution in [0.3, 0.4) is 0 Å². The molecule has 0 aromatic rings. The van der Waals surface area contributed by atoms with Gasteiger partial charge >= 0.3 is 0 Å². The third-order valence-corrected chi connectivity index (χ3v) is 5.26. The van der Waals surface area contributed by atoms with E-state index in [4.69, 9.17) is 0 Å². The van der Waals surface area contributed by atoms with Gasteiger partial charge in [-0.1, -0.05) is 39.0 Å². The Bertz CT molecular complexity index is 315. The van der Waals surface area contributed by atoms with Gasteiger partial charge in [0.1, 0.15) is 0 Å². The lowest BCUT2D eigenvalue weighted by Crippen LogP contribution is -2.44. The minimum Gasteiger partial charge on any atom is -0.356 e. The Morgan fingerprint density at radius 2 is 1.96 bits per heavy atom. The van der Waals surface area contributed by atoms with Crippen LogP contribution in [-0.2, 0) is 4.79 Å². The van der Waals surface area contributed by atoms with Crippen LogP contribution in [0.2, 0.25) is 0 Å². The number of nitrogens with zero attached hydrogens (tertiary/aromatic N) is 1. The predicted octanol–water partition coefficient (Wildman–Crippen LogP) is 2.82. The number of carbonyl (C=O) groups is 1. The van der Waals surface area contributed by atoms with Crippen molar-refractivity contribution in [1.82, 2.24) is 15.5 Å². The van der Waals surface area contributed by atoms with E-state index in [9.17, 15) is 4.79 Å². The molecule has 2 N–H and O–H groups in total. The van der Waals surface area contributed by atoms with Gasteiger partial charge in [0.05, 0.1) is 0 Å². The number of halogens is 1. The highest BCUT2D eigenvalue weighted by molar-refractivity contribution is 5.85. The molecule has 1 aliphatic heterocycles. The lowest BCUT2D eigenvalue weighted by atomic mass is 9.89. The van der Waals surface area contributed by atoms with Crippen molar-refractivity contribution in [2.45, 2.75) is 58.3 Å². The topological polar surface area (TPSA) is 44.4 Å². The van der Waals surface area contributed by atoms with E-state index in [0.717, 1.165) is 70.9 Å². The summed E-state index contributed by atoms with van der Waals surface area (Å²) in [4.78, 5) is 14.9. The Morgan fingerprint density at radius 3 is 2.61 bits per heavy atom. The highest BCUT2D eigenvalue weighted by atomic mass is 35.5. The molecular formula is C18H36ClN3O. The summed E-state index contributed by atoms with van der Waals surface area (Å²) < 4.78 is 0. The van der Waals surface area contributed by atoms with Crippen molar-refractivity contribution in [1.29, 1.82) is 0 Å². The highest BCUT2D eigenvalue weighted by Gasteiger charge is 2.24. The highest BCUT2D eigenvalue weighted by Crippen LogP contribution is 2.31. The van der Waals surface area contributed by atoms with E-state index in [2.05, 4.69) is 22.5 Å². The molecule has 0 aromatic heterocycles. The molecule has 0 bridgehead atoms. The number of hydrogen-bond acceptors (Lipinski definition) is 3. The van der Waals surface area contributed by atoms with Crippen molar-refractivity contribution in [2.24, 2.45) is 11.8 Å². The first-order valence-electron chi connectivity index (χ1n) is 9.50. The summed E-state index contributed by atoms with van der Waals surface area (Å²) in [5.41, 5.74) is 0. The second-order valence-electron chi connectivity index (χ2n) is 7.11. The fourth-order valence-corrected chi connectivity index (χ4v) is 3.95. The zero-order valence-corrected chi connectivity index (χ0v) is 15.6. The standard InChI is InChI=1S/C18H35N3O.ClH/c1-2-6-17(15-16-7-3-4-8-16)18(22)20-9-5-12-21-13-10-19-11-14-21;/h16-17,19H,2-15H2,1H3,(H,20,22);1H. The Kier molecular flexibility index (Phi) is 10.9. The van der Waals surface area contributed by atoms with Crippen LogP contribution in [0.1, 0.15) is 58.3 Å². The first-order valence-corrected chi connectivity index (χ1v) is 9.50. The largest absolute Gasteiger partial charge is 0.356 e. The Labute approximate surface area is 148 Å². The molecule has 2 fully saturated rings. The summed E-state index contributed by atoms with van der Waals surface area (Å²) >= 11 is 0. The van der Waals surface area contributed by atoms with Crippen LogP contribution in [0, 0.1) is 11.8 Å². The lowest BCUT2D eigenvalue weighted by Gasteiger charge is -2.27. The van der Waals surface area contributed by atoms with E-state index in [1.807, 2.05) is 0 Å². The third-order valence-electron chi connectivity index (χ3n) is 5.26. The zero-order chi connectivity index (χ0) is 15.6. The molecule has 1 aliphatic carbocycles. The molecule has 23 heavy (non-hydrogen) atoms. The number of rotatable bonds is 9. The minimum absolute atomic E-state index is 0. The molecule has 1 saturated carbocycles. The van der Waals surface area contributed by atoms with Crippen molar-refractivity contribution in [3.63, 3.8) is 0 Å². The van der Waals surface area contributed by atoms with Crippen LogP contribution in [-0.4, -0.2) is 50.1 Å². The van der Waals surface area contributed by atoms with E-state index in [-0.39, 0.29) is 18.3 Å². The van der Waals surface area contributed by atoms with Crippen LogP contribution in [0.15, 0.2) is 0 Å². The van der Waals surface area contributed by atoms with E-state index in [1.165, 1.54) is 25.7 Å². The fourth-order valence-electron chi connectivity index (χ4n) is 3.95. The molecule has 0 radical (unpaired) electrons. The molecule has 2 rings (SSSR count). The fraction of sp³-hybridized carbons (Fsp3) is 0.944.